The Labute approximate surface area is 72.3 Å². The summed E-state index contributed by atoms with van der Waals surface area (Å²) in [4.78, 5) is 23.0. The van der Waals surface area contributed by atoms with Gasteiger partial charge in [-0.3, -0.25) is 9.59 Å². The number of rotatable bonds is 0. The van der Waals surface area contributed by atoms with Crippen molar-refractivity contribution in [3.05, 3.63) is 0 Å². The Morgan fingerprint density at radius 2 is 1.83 bits per heavy atom. The van der Waals surface area contributed by atoms with Crippen LogP contribution in [0.5, 0.6) is 0 Å². The molecule has 2 aliphatic carbocycles. The number of hydrogen-bond acceptors (Lipinski definition) is 2. The van der Waals surface area contributed by atoms with Crippen LogP contribution in [-0.2, 0) is 9.59 Å². The van der Waals surface area contributed by atoms with Crippen LogP contribution in [0.3, 0.4) is 0 Å². The molecule has 0 spiro atoms. The van der Waals surface area contributed by atoms with Crippen molar-refractivity contribution in [1.82, 2.24) is 0 Å². The molecule has 12 heavy (non-hydrogen) atoms. The van der Waals surface area contributed by atoms with Crippen LogP contribution >= 0.6 is 0 Å². The van der Waals surface area contributed by atoms with Crippen molar-refractivity contribution in [2.24, 2.45) is 16.7 Å². The summed E-state index contributed by atoms with van der Waals surface area (Å²) < 4.78 is 0. The molecule has 0 saturated heterocycles. The minimum absolute atomic E-state index is 0.00926. The largest absolute Gasteiger partial charge is 0.299 e. The molecule has 2 nitrogen and oxygen atoms in total. The molecule has 2 aliphatic rings. The van der Waals surface area contributed by atoms with Gasteiger partial charge in [0.2, 0.25) is 0 Å². The lowest BCUT2D eigenvalue weighted by molar-refractivity contribution is -0.133. The van der Waals surface area contributed by atoms with E-state index in [9.17, 15) is 9.59 Å². The van der Waals surface area contributed by atoms with Crippen LogP contribution in [0.4, 0.5) is 0 Å². The molecule has 2 saturated carbocycles. The zero-order valence-electron chi connectivity index (χ0n) is 7.81. The standard InChI is InChI=1S/C10H14O2/c1-9(2)6-4-8(12)10(9,3)5-7(6)11/h6H,4-5H2,1-3H3/t6-,10?/m0/s1. The maximum Gasteiger partial charge on any atom is 0.140 e. The lowest BCUT2D eigenvalue weighted by Crippen LogP contribution is -2.32. The highest BCUT2D eigenvalue weighted by molar-refractivity contribution is 6.04. The molecule has 66 valence electrons. The minimum atomic E-state index is -0.352. The highest BCUT2D eigenvalue weighted by atomic mass is 16.1. The molecule has 1 unspecified atom stereocenters. The molecule has 0 radical (unpaired) electrons. The summed E-state index contributed by atoms with van der Waals surface area (Å²) in [6.45, 7) is 6.04. The van der Waals surface area contributed by atoms with Crippen LogP contribution in [-0.4, -0.2) is 11.6 Å². The van der Waals surface area contributed by atoms with Gasteiger partial charge in [0.05, 0.1) is 0 Å². The SMILES string of the molecule is CC12CC(=O)[C@H](CC1=O)C2(C)C. The van der Waals surface area contributed by atoms with Gasteiger partial charge in [0.15, 0.2) is 0 Å². The molecule has 0 aliphatic heterocycles. The average molecular weight is 166 g/mol. The zero-order valence-corrected chi connectivity index (χ0v) is 7.81. The van der Waals surface area contributed by atoms with E-state index >= 15 is 0 Å². The van der Waals surface area contributed by atoms with Gasteiger partial charge in [-0.1, -0.05) is 20.8 Å². The number of carbonyl (C=O) groups is 2. The lowest BCUT2D eigenvalue weighted by Gasteiger charge is -2.31. The molecule has 2 rings (SSSR count). The van der Waals surface area contributed by atoms with E-state index in [4.69, 9.17) is 0 Å². The first-order valence-corrected chi connectivity index (χ1v) is 4.45. The van der Waals surface area contributed by atoms with Crippen LogP contribution in [0.1, 0.15) is 33.6 Å². The van der Waals surface area contributed by atoms with Gasteiger partial charge in [0.25, 0.3) is 0 Å². The van der Waals surface area contributed by atoms with E-state index in [-0.39, 0.29) is 22.5 Å². The summed E-state index contributed by atoms with van der Waals surface area (Å²) in [7, 11) is 0. The van der Waals surface area contributed by atoms with E-state index in [1.807, 2.05) is 20.8 Å². The van der Waals surface area contributed by atoms with Gasteiger partial charge in [0, 0.05) is 24.2 Å². The summed E-state index contributed by atoms with van der Waals surface area (Å²) in [5, 5.41) is 0. The van der Waals surface area contributed by atoms with Crippen LogP contribution in [0.2, 0.25) is 0 Å². The van der Waals surface area contributed by atoms with Gasteiger partial charge < -0.3 is 0 Å². The van der Waals surface area contributed by atoms with Gasteiger partial charge in [-0.15, -0.1) is 0 Å². The maximum atomic E-state index is 11.6. The highest BCUT2D eigenvalue weighted by Crippen LogP contribution is 2.61. The van der Waals surface area contributed by atoms with Crippen molar-refractivity contribution >= 4 is 11.6 Å². The Morgan fingerprint density at radius 1 is 1.25 bits per heavy atom. The first kappa shape index (κ1) is 7.96. The van der Waals surface area contributed by atoms with Gasteiger partial charge in [-0.05, 0) is 5.41 Å². The van der Waals surface area contributed by atoms with Crippen LogP contribution in [0.15, 0.2) is 0 Å². The van der Waals surface area contributed by atoms with Gasteiger partial charge in [0.1, 0.15) is 11.6 Å². The van der Waals surface area contributed by atoms with Crippen molar-refractivity contribution in [3.63, 3.8) is 0 Å². The van der Waals surface area contributed by atoms with Crippen LogP contribution in [0.25, 0.3) is 0 Å². The zero-order chi connectivity index (χ0) is 9.15. The first-order chi connectivity index (χ1) is 5.39. The third kappa shape index (κ3) is 0.584. The van der Waals surface area contributed by atoms with Crippen LogP contribution in [0, 0.1) is 16.7 Å². The fourth-order valence-corrected chi connectivity index (χ4v) is 2.72. The second-order valence-corrected chi connectivity index (χ2v) is 4.88. The van der Waals surface area contributed by atoms with Crippen molar-refractivity contribution in [1.29, 1.82) is 0 Å². The van der Waals surface area contributed by atoms with E-state index < -0.39 is 0 Å². The lowest BCUT2D eigenvalue weighted by atomic mass is 9.70. The molecular formula is C10H14O2. The molecule has 2 bridgehead atoms. The number of hydrogen-bond donors (Lipinski definition) is 0. The van der Waals surface area contributed by atoms with E-state index in [0.717, 1.165) is 0 Å². The Morgan fingerprint density at radius 3 is 2.08 bits per heavy atom. The monoisotopic (exact) mass is 166 g/mol. The molecule has 2 atom stereocenters. The third-order valence-corrected chi connectivity index (χ3v) is 4.21. The van der Waals surface area contributed by atoms with E-state index in [2.05, 4.69) is 0 Å². The van der Waals surface area contributed by atoms with E-state index in [0.29, 0.717) is 18.6 Å². The first-order valence-electron chi connectivity index (χ1n) is 4.45. The fourth-order valence-electron chi connectivity index (χ4n) is 2.72. The summed E-state index contributed by atoms with van der Waals surface area (Å²) in [5.74, 6) is 0.592. The maximum absolute atomic E-state index is 11.6. The van der Waals surface area contributed by atoms with Crippen molar-refractivity contribution in [2.45, 2.75) is 33.6 Å². The predicted octanol–water partition coefficient (Wildman–Crippen LogP) is 1.58. The molecule has 0 aromatic rings. The molecule has 0 aromatic heterocycles. The Bertz CT molecular complexity index is 278. The van der Waals surface area contributed by atoms with Crippen molar-refractivity contribution in [2.75, 3.05) is 0 Å². The molecule has 2 heteroatoms. The third-order valence-electron chi connectivity index (χ3n) is 4.21. The second kappa shape index (κ2) is 1.81. The van der Waals surface area contributed by atoms with Gasteiger partial charge >= 0.3 is 0 Å². The highest BCUT2D eigenvalue weighted by Gasteiger charge is 2.65. The van der Waals surface area contributed by atoms with Crippen molar-refractivity contribution in [3.8, 4) is 0 Å². The van der Waals surface area contributed by atoms with Gasteiger partial charge in [-0.25, -0.2) is 0 Å². The fraction of sp³-hybridized carbons (Fsp3) is 0.800. The molecule has 2 fully saturated rings. The normalized spacial score (nSPS) is 44.1. The Hall–Kier alpha value is -0.660. The molecule has 0 aromatic carbocycles. The molecular weight excluding hydrogens is 152 g/mol. The summed E-state index contributed by atoms with van der Waals surface area (Å²) in [5.41, 5.74) is -0.448. The molecule has 0 heterocycles. The smallest absolute Gasteiger partial charge is 0.140 e. The van der Waals surface area contributed by atoms with Crippen LogP contribution < -0.4 is 0 Å². The van der Waals surface area contributed by atoms with Crippen molar-refractivity contribution < 1.29 is 9.59 Å². The van der Waals surface area contributed by atoms with E-state index in [1.54, 1.807) is 0 Å². The number of ketones is 2. The predicted molar refractivity (Wildman–Crippen MR) is 44.6 cm³/mol. The minimum Gasteiger partial charge on any atom is -0.299 e. The van der Waals surface area contributed by atoms with E-state index in [1.165, 1.54) is 0 Å². The van der Waals surface area contributed by atoms with Gasteiger partial charge in [-0.2, -0.15) is 0 Å². The molecule has 0 amide bonds. The summed E-state index contributed by atoms with van der Waals surface area (Å²) >= 11 is 0. The average Bonchev–Trinajstić information content (AvgIpc) is 2.18. The Kier molecular flexibility index (Phi) is 1.20. The number of Topliss-reactive ketones (excluding diaryl/α,β-unsaturated/α-hetero) is 2. The number of carbonyl (C=O) groups excluding carboxylic acids is 2. The Balaban J connectivity index is 2.54. The summed E-state index contributed by atoms with van der Waals surface area (Å²) in [6.07, 6.45) is 0.964. The molecule has 0 N–H and O–H groups in total. The quantitative estimate of drug-likeness (QED) is 0.547. The topological polar surface area (TPSA) is 34.1 Å². The number of fused-ring (bicyclic) bond motifs is 2. The second-order valence-electron chi connectivity index (χ2n) is 4.88. The summed E-state index contributed by atoms with van der Waals surface area (Å²) in [6, 6.07) is 0.